The summed E-state index contributed by atoms with van der Waals surface area (Å²) >= 11 is 5.42. The van der Waals surface area contributed by atoms with Gasteiger partial charge in [-0.1, -0.05) is 11.6 Å². The highest BCUT2D eigenvalue weighted by atomic mass is 35.5. The molecular formula is C11H12ClF2N. The van der Waals surface area contributed by atoms with Crippen molar-refractivity contribution in [1.82, 2.24) is 5.32 Å². The lowest BCUT2D eigenvalue weighted by Gasteiger charge is -2.23. The molecule has 1 N–H and O–H groups in total. The van der Waals surface area contributed by atoms with E-state index in [1.54, 1.807) is 0 Å². The first kappa shape index (κ1) is 10.8. The van der Waals surface area contributed by atoms with E-state index in [9.17, 15) is 8.78 Å². The molecule has 1 atom stereocenters. The highest BCUT2D eigenvalue weighted by Gasteiger charge is 2.18. The molecule has 0 aromatic heterocycles. The van der Waals surface area contributed by atoms with Crippen molar-refractivity contribution in [1.29, 1.82) is 0 Å². The molecule has 0 amide bonds. The van der Waals surface area contributed by atoms with Crippen LogP contribution >= 0.6 is 11.6 Å². The van der Waals surface area contributed by atoms with Crippen LogP contribution in [-0.4, -0.2) is 13.1 Å². The van der Waals surface area contributed by atoms with Gasteiger partial charge in [-0.3, -0.25) is 0 Å². The van der Waals surface area contributed by atoms with Gasteiger partial charge in [0.1, 0.15) is 16.7 Å². The number of benzene rings is 1. The molecule has 2 rings (SSSR count). The molecule has 15 heavy (non-hydrogen) atoms. The summed E-state index contributed by atoms with van der Waals surface area (Å²) in [6, 6.07) is 2.67. The molecule has 0 aliphatic carbocycles. The summed E-state index contributed by atoms with van der Waals surface area (Å²) in [6.07, 6.45) is 2.00. The zero-order valence-corrected chi connectivity index (χ0v) is 8.95. The van der Waals surface area contributed by atoms with Crippen LogP contribution in [0.2, 0.25) is 5.02 Å². The standard InChI is InChI=1S/C11H12ClF2N/c12-11-9(13)4-8(5-10(11)14)7-2-1-3-15-6-7/h4-5,7,15H,1-3,6H2. The Morgan fingerprint density at radius 3 is 2.47 bits per heavy atom. The van der Waals surface area contributed by atoms with Gasteiger partial charge in [0.25, 0.3) is 0 Å². The average Bonchev–Trinajstić information content (AvgIpc) is 2.26. The molecule has 1 aliphatic heterocycles. The van der Waals surface area contributed by atoms with Crippen LogP contribution in [-0.2, 0) is 0 Å². The number of hydrogen-bond acceptors (Lipinski definition) is 1. The summed E-state index contributed by atoms with van der Waals surface area (Å²) in [5.74, 6) is -1.14. The molecule has 4 heteroatoms. The van der Waals surface area contributed by atoms with Gasteiger partial charge in [-0.2, -0.15) is 0 Å². The van der Waals surface area contributed by atoms with Crippen molar-refractivity contribution in [2.75, 3.05) is 13.1 Å². The van der Waals surface area contributed by atoms with Crippen molar-refractivity contribution in [2.24, 2.45) is 0 Å². The zero-order valence-electron chi connectivity index (χ0n) is 8.19. The fourth-order valence-electron chi connectivity index (χ4n) is 1.95. The van der Waals surface area contributed by atoms with Crippen molar-refractivity contribution >= 4 is 11.6 Å². The first-order valence-corrected chi connectivity index (χ1v) is 5.41. The normalized spacial score (nSPS) is 21.7. The predicted molar refractivity (Wildman–Crippen MR) is 56.2 cm³/mol. The predicted octanol–water partition coefficient (Wildman–Crippen LogP) is 3.09. The number of hydrogen-bond donors (Lipinski definition) is 1. The van der Waals surface area contributed by atoms with Crippen LogP contribution in [0.5, 0.6) is 0 Å². The molecule has 1 aliphatic rings. The van der Waals surface area contributed by atoms with Crippen molar-refractivity contribution in [3.8, 4) is 0 Å². The molecular weight excluding hydrogens is 220 g/mol. The number of halogens is 3. The van der Waals surface area contributed by atoms with E-state index < -0.39 is 16.7 Å². The maximum Gasteiger partial charge on any atom is 0.145 e. The van der Waals surface area contributed by atoms with E-state index >= 15 is 0 Å². The summed E-state index contributed by atoms with van der Waals surface area (Å²) < 4.78 is 26.4. The summed E-state index contributed by atoms with van der Waals surface area (Å²) in [6.45, 7) is 1.76. The molecule has 0 saturated carbocycles. The maximum absolute atomic E-state index is 13.2. The number of piperidine rings is 1. The van der Waals surface area contributed by atoms with Gasteiger partial charge in [-0.05, 0) is 43.0 Å². The average molecular weight is 232 g/mol. The van der Waals surface area contributed by atoms with Crippen LogP contribution in [0, 0.1) is 11.6 Å². The Kier molecular flexibility index (Phi) is 3.22. The van der Waals surface area contributed by atoms with Crippen molar-refractivity contribution in [3.05, 3.63) is 34.4 Å². The van der Waals surface area contributed by atoms with E-state index in [1.807, 2.05) is 0 Å². The second kappa shape index (κ2) is 4.45. The summed E-state index contributed by atoms with van der Waals surface area (Å²) in [5.41, 5.74) is 0.696. The Labute approximate surface area is 92.4 Å². The SMILES string of the molecule is Fc1cc(C2CCCNC2)cc(F)c1Cl. The molecule has 1 aromatic rings. The topological polar surface area (TPSA) is 12.0 Å². The molecule has 0 bridgehead atoms. The highest BCUT2D eigenvalue weighted by Crippen LogP contribution is 2.28. The molecule has 1 saturated heterocycles. The lowest BCUT2D eigenvalue weighted by Crippen LogP contribution is -2.28. The first-order chi connectivity index (χ1) is 7.18. The van der Waals surface area contributed by atoms with Gasteiger partial charge in [0.05, 0.1) is 0 Å². The van der Waals surface area contributed by atoms with Crippen molar-refractivity contribution in [2.45, 2.75) is 18.8 Å². The van der Waals surface area contributed by atoms with Gasteiger partial charge in [0.15, 0.2) is 0 Å². The van der Waals surface area contributed by atoms with Gasteiger partial charge < -0.3 is 5.32 Å². The zero-order chi connectivity index (χ0) is 10.8. The van der Waals surface area contributed by atoms with E-state index in [0.29, 0.717) is 5.56 Å². The van der Waals surface area contributed by atoms with Crippen molar-refractivity contribution in [3.63, 3.8) is 0 Å². The Hall–Kier alpha value is -0.670. The Bertz CT molecular complexity index is 339. The van der Waals surface area contributed by atoms with Crippen LogP contribution in [0.1, 0.15) is 24.3 Å². The number of nitrogens with one attached hydrogen (secondary N) is 1. The molecule has 1 fully saturated rings. The quantitative estimate of drug-likeness (QED) is 0.733. The lowest BCUT2D eigenvalue weighted by atomic mass is 9.91. The molecule has 1 heterocycles. The largest absolute Gasteiger partial charge is 0.316 e. The van der Waals surface area contributed by atoms with Gasteiger partial charge in [-0.15, -0.1) is 0 Å². The van der Waals surface area contributed by atoms with E-state index in [-0.39, 0.29) is 5.92 Å². The number of rotatable bonds is 1. The molecule has 0 spiro atoms. The fourth-order valence-corrected chi connectivity index (χ4v) is 2.06. The first-order valence-electron chi connectivity index (χ1n) is 5.03. The Morgan fingerprint density at radius 1 is 1.27 bits per heavy atom. The Morgan fingerprint density at radius 2 is 1.93 bits per heavy atom. The molecule has 0 radical (unpaired) electrons. The van der Waals surface area contributed by atoms with Crippen LogP contribution in [0.25, 0.3) is 0 Å². The van der Waals surface area contributed by atoms with Crippen LogP contribution in [0.4, 0.5) is 8.78 Å². The summed E-state index contributed by atoms with van der Waals surface area (Å²) in [5, 5.41) is 2.79. The minimum atomic E-state index is -0.669. The van der Waals surface area contributed by atoms with Gasteiger partial charge in [0.2, 0.25) is 0 Å². The smallest absolute Gasteiger partial charge is 0.145 e. The van der Waals surface area contributed by atoms with E-state index in [0.717, 1.165) is 25.9 Å². The molecule has 82 valence electrons. The van der Waals surface area contributed by atoms with Gasteiger partial charge in [0, 0.05) is 6.54 Å². The summed E-state index contributed by atoms with van der Waals surface area (Å²) in [4.78, 5) is 0. The van der Waals surface area contributed by atoms with Crippen LogP contribution in [0.3, 0.4) is 0 Å². The second-order valence-electron chi connectivity index (χ2n) is 3.84. The maximum atomic E-state index is 13.2. The lowest BCUT2D eigenvalue weighted by molar-refractivity contribution is 0.457. The van der Waals surface area contributed by atoms with Gasteiger partial charge >= 0.3 is 0 Å². The van der Waals surface area contributed by atoms with E-state index in [2.05, 4.69) is 5.32 Å². The summed E-state index contributed by atoms with van der Waals surface area (Å²) in [7, 11) is 0. The third-order valence-corrected chi connectivity index (χ3v) is 3.14. The van der Waals surface area contributed by atoms with E-state index in [4.69, 9.17) is 11.6 Å². The van der Waals surface area contributed by atoms with Crippen LogP contribution < -0.4 is 5.32 Å². The van der Waals surface area contributed by atoms with E-state index in [1.165, 1.54) is 12.1 Å². The van der Waals surface area contributed by atoms with Gasteiger partial charge in [-0.25, -0.2) is 8.78 Å². The minimum Gasteiger partial charge on any atom is -0.316 e. The minimum absolute atomic E-state index is 0.194. The molecule has 1 unspecified atom stereocenters. The van der Waals surface area contributed by atoms with Crippen LogP contribution in [0.15, 0.2) is 12.1 Å². The molecule has 1 aromatic carbocycles. The van der Waals surface area contributed by atoms with Crippen molar-refractivity contribution < 1.29 is 8.78 Å². The third-order valence-electron chi connectivity index (χ3n) is 2.77. The monoisotopic (exact) mass is 231 g/mol. The second-order valence-corrected chi connectivity index (χ2v) is 4.22. The molecule has 1 nitrogen and oxygen atoms in total. The highest BCUT2D eigenvalue weighted by molar-refractivity contribution is 6.30. The third kappa shape index (κ3) is 2.29. The Balaban J connectivity index is 2.27. The fraction of sp³-hybridized carbons (Fsp3) is 0.455.